The van der Waals surface area contributed by atoms with E-state index >= 15 is 0 Å². The van der Waals surface area contributed by atoms with Crippen LogP contribution in [0.15, 0.2) is 53.3 Å². The molecule has 1 atom stereocenters. The van der Waals surface area contributed by atoms with Crippen LogP contribution in [-0.4, -0.2) is 22.3 Å². The average molecular weight is 365 g/mol. The van der Waals surface area contributed by atoms with E-state index in [0.29, 0.717) is 12.0 Å². The molecule has 140 valence electrons. The molecule has 0 spiro atoms. The number of nitrogens with one attached hydrogen (secondary N) is 1. The van der Waals surface area contributed by atoms with Crippen LogP contribution >= 0.6 is 0 Å². The molecule has 0 radical (unpaired) electrons. The second kappa shape index (κ2) is 8.03. The van der Waals surface area contributed by atoms with E-state index in [1.54, 1.807) is 12.1 Å². The Morgan fingerprint density at radius 2 is 1.93 bits per heavy atom. The molecule has 6 nitrogen and oxygen atoms in total. The molecule has 1 aromatic heterocycles. The van der Waals surface area contributed by atoms with E-state index in [9.17, 15) is 9.59 Å². The van der Waals surface area contributed by atoms with Gasteiger partial charge in [0.05, 0.1) is 23.7 Å². The van der Waals surface area contributed by atoms with E-state index in [4.69, 9.17) is 4.74 Å². The number of ether oxygens (including phenoxy) is 1. The first-order valence-electron chi connectivity index (χ1n) is 8.98. The Morgan fingerprint density at radius 1 is 1.19 bits per heavy atom. The molecule has 27 heavy (non-hydrogen) atoms. The summed E-state index contributed by atoms with van der Waals surface area (Å²) >= 11 is 0. The van der Waals surface area contributed by atoms with Gasteiger partial charge in [-0.1, -0.05) is 30.3 Å². The standard InChI is InChI=1S/C21H23N3O3/c1-4-27-17-9-7-8-16(12-17)14(2)22-20(25)13-24-21(26)19-11-6-5-10-18(19)15(3)23-24/h5-12,14H,4,13H2,1-3H3,(H,22,25). The van der Waals surface area contributed by atoms with Crippen LogP contribution in [0.5, 0.6) is 5.75 Å². The summed E-state index contributed by atoms with van der Waals surface area (Å²) in [5, 5.41) is 8.57. The summed E-state index contributed by atoms with van der Waals surface area (Å²) in [6.07, 6.45) is 0. The number of aryl methyl sites for hydroxylation is 1. The largest absolute Gasteiger partial charge is 0.494 e. The second-order valence-corrected chi connectivity index (χ2v) is 6.39. The zero-order valence-corrected chi connectivity index (χ0v) is 15.7. The Kier molecular flexibility index (Phi) is 5.54. The van der Waals surface area contributed by atoms with E-state index < -0.39 is 0 Å². The van der Waals surface area contributed by atoms with Gasteiger partial charge in [0.2, 0.25) is 5.91 Å². The van der Waals surface area contributed by atoms with Crippen molar-refractivity contribution >= 4 is 16.7 Å². The minimum Gasteiger partial charge on any atom is -0.494 e. The number of fused-ring (bicyclic) bond motifs is 1. The number of rotatable bonds is 6. The normalized spacial score (nSPS) is 12.0. The highest BCUT2D eigenvalue weighted by Gasteiger charge is 2.14. The average Bonchev–Trinajstić information content (AvgIpc) is 2.66. The number of nitrogens with zero attached hydrogens (tertiary/aromatic N) is 2. The predicted octanol–water partition coefficient (Wildman–Crippen LogP) is 2.98. The van der Waals surface area contributed by atoms with Crippen LogP contribution < -0.4 is 15.6 Å². The summed E-state index contributed by atoms with van der Waals surface area (Å²) in [7, 11) is 0. The molecule has 3 rings (SSSR count). The second-order valence-electron chi connectivity index (χ2n) is 6.39. The van der Waals surface area contributed by atoms with Crippen molar-refractivity contribution < 1.29 is 9.53 Å². The van der Waals surface area contributed by atoms with Gasteiger partial charge in [0.1, 0.15) is 12.3 Å². The molecule has 0 aliphatic heterocycles. The van der Waals surface area contributed by atoms with E-state index in [1.165, 1.54) is 4.68 Å². The predicted molar refractivity (Wildman–Crippen MR) is 105 cm³/mol. The molecule has 1 unspecified atom stereocenters. The maximum Gasteiger partial charge on any atom is 0.275 e. The zero-order chi connectivity index (χ0) is 19.4. The number of carbonyl (C=O) groups excluding carboxylic acids is 1. The Labute approximate surface area is 157 Å². The van der Waals surface area contributed by atoms with Gasteiger partial charge in [-0.25, -0.2) is 4.68 Å². The number of hydrogen-bond donors (Lipinski definition) is 1. The Morgan fingerprint density at radius 3 is 2.67 bits per heavy atom. The summed E-state index contributed by atoms with van der Waals surface area (Å²) < 4.78 is 6.72. The van der Waals surface area contributed by atoms with Crippen molar-refractivity contribution in [3.63, 3.8) is 0 Å². The minimum absolute atomic E-state index is 0.125. The van der Waals surface area contributed by atoms with Crippen molar-refractivity contribution in [1.29, 1.82) is 0 Å². The first-order chi connectivity index (χ1) is 13.0. The Balaban J connectivity index is 1.76. The third-order valence-corrected chi connectivity index (χ3v) is 4.39. The third-order valence-electron chi connectivity index (χ3n) is 4.39. The molecule has 0 fully saturated rings. The molecule has 0 bridgehead atoms. The summed E-state index contributed by atoms with van der Waals surface area (Å²) in [6.45, 7) is 6.11. The van der Waals surface area contributed by atoms with E-state index in [1.807, 2.05) is 57.2 Å². The van der Waals surface area contributed by atoms with Crippen LogP contribution in [0.25, 0.3) is 10.8 Å². The van der Waals surface area contributed by atoms with Gasteiger partial charge in [-0.15, -0.1) is 0 Å². The fraction of sp³-hybridized carbons (Fsp3) is 0.286. The van der Waals surface area contributed by atoms with Gasteiger partial charge in [-0.05, 0) is 44.5 Å². The SMILES string of the molecule is CCOc1cccc(C(C)NC(=O)Cn2nc(C)c3ccccc3c2=O)c1. The molecule has 3 aromatic rings. The highest BCUT2D eigenvalue weighted by Crippen LogP contribution is 2.19. The maximum atomic E-state index is 12.6. The number of carbonyl (C=O) groups is 1. The monoisotopic (exact) mass is 365 g/mol. The van der Waals surface area contributed by atoms with Crippen LogP contribution in [0.2, 0.25) is 0 Å². The molecule has 0 aliphatic rings. The zero-order valence-electron chi connectivity index (χ0n) is 15.7. The molecule has 0 saturated heterocycles. The first kappa shape index (κ1) is 18.6. The Hall–Kier alpha value is -3.15. The lowest BCUT2D eigenvalue weighted by molar-refractivity contribution is -0.122. The smallest absolute Gasteiger partial charge is 0.275 e. The van der Waals surface area contributed by atoms with Crippen molar-refractivity contribution in [2.45, 2.75) is 33.4 Å². The first-order valence-corrected chi connectivity index (χ1v) is 8.98. The fourth-order valence-corrected chi connectivity index (χ4v) is 3.06. The lowest BCUT2D eigenvalue weighted by atomic mass is 10.1. The van der Waals surface area contributed by atoms with E-state index in [-0.39, 0.29) is 24.1 Å². The van der Waals surface area contributed by atoms with Crippen molar-refractivity contribution in [1.82, 2.24) is 15.1 Å². The summed E-state index contributed by atoms with van der Waals surface area (Å²) in [4.78, 5) is 25.1. The lowest BCUT2D eigenvalue weighted by Gasteiger charge is -2.16. The number of amides is 1. The summed E-state index contributed by atoms with van der Waals surface area (Å²) in [5.41, 5.74) is 1.39. The molecule has 1 amide bonds. The summed E-state index contributed by atoms with van der Waals surface area (Å²) in [6, 6.07) is 14.7. The third kappa shape index (κ3) is 4.16. The van der Waals surface area contributed by atoms with Gasteiger partial charge in [0.25, 0.3) is 5.56 Å². The summed E-state index contributed by atoms with van der Waals surface area (Å²) in [5.74, 6) is 0.493. The quantitative estimate of drug-likeness (QED) is 0.729. The lowest BCUT2D eigenvalue weighted by Crippen LogP contribution is -2.35. The fourth-order valence-electron chi connectivity index (χ4n) is 3.06. The minimum atomic E-state index is -0.270. The van der Waals surface area contributed by atoms with Gasteiger partial charge in [-0.3, -0.25) is 9.59 Å². The van der Waals surface area contributed by atoms with Gasteiger partial charge in [0.15, 0.2) is 0 Å². The highest BCUT2D eigenvalue weighted by atomic mass is 16.5. The molecular formula is C21H23N3O3. The van der Waals surface area contributed by atoms with Gasteiger partial charge in [-0.2, -0.15) is 5.10 Å². The van der Waals surface area contributed by atoms with Crippen LogP contribution in [0.3, 0.4) is 0 Å². The molecule has 1 N–H and O–H groups in total. The number of aromatic nitrogens is 2. The molecular weight excluding hydrogens is 342 g/mol. The molecule has 2 aromatic carbocycles. The van der Waals surface area contributed by atoms with Crippen molar-refractivity contribution in [3.05, 3.63) is 70.1 Å². The maximum absolute atomic E-state index is 12.6. The van der Waals surface area contributed by atoms with Crippen LogP contribution in [0.1, 0.15) is 31.1 Å². The molecule has 0 saturated carbocycles. The van der Waals surface area contributed by atoms with Crippen molar-refractivity contribution in [2.24, 2.45) is 0 Å². The van der Waals surface area contributed by atoms with Gasteiger partial charge >= 0.3 is 0 Å². The van der Waals surface area contributed by atoms with Crippen molar-refractivity contribution in [2.75, 3.05) is 6.61 Å². The van der Waals surface area contributed by atoms with Crippen molar-refractivity contribution in [3.8, 4) is 5.75 Å². The van der Waals surface area contributed by atoms with Crippen LogP contribution in [-0.2, 0) is 11.3 Å². The highest BCUT2D eigenvalue weighted by molar-refractivity contribution is 5.83. The molecule has 1 heterocycles. The van der Waals surface area contributed by atoms with E-state index in [2.05, 4.69) is 10.4 Å². The van der Waals surface area contributed by atoms with E-state index in [0.717, 1.165) is 22.4 Å². The van der Waals surface area contributed by atoms with Crippen LogP contribution in [0, 0.1) is 6.92 Å². The van der Waals surface area contributed by atoms with Crippen LogP contribution in [0.4, 0.5) is 0 Å². The molecule has 0 aliphatic carbocycles. The van der Waals surface area contributed by atoms with Gasteiger partial charge < -0.3 is 10.1 Å². The molecule has 6 heteroatoms. The number of hydrogen-bond acceptors (Lipinski definition) is 4. The number of benzene rings is 2. The topological polar surface area (TPSA) is 73.2 Å². The Bertz CT molecular complexity index is 1030. The van der Waals surface area contributed by atoms with Gasteiger partial charge in [0, 0.05) is 5.39 Å².